The van der Waals surface area contributed by atoms with E-state index >= 15 is 0 Å². The van der Waals surface area contributed by atoms with E-state index in [4.69, 9.17) is 0 Å². The number of ketones is 1. The Morgan fingerprint density at radius 2 is 1.34 bits per heavy atom. The van der Waals surface area contributed by atoms with Crippen LogP contribution < -0.4 is 16.1 Å². The Labute approximate surface area is 171 Å². The van der Waals surface area contributed by atoms with Gasteiger partial charge in [0.25, 0.3) is 5.56 Å². The first-order chi connectivity index (χ1) is 13.3. The van der Waals surface area contributed by atoms with Crippen LogP contribution in [0.3, 0.4) is 0 Å². The molecule has 2 aromatic rings. The Bertz CT molecular complexity index is 1170. The Morgan fingerprint density at radius 3 is 1.79 bits per heavy atom. The minimum absolute atomic E-state index is 0.0498. The highest BCUT2D eigenvalue weighted by Gasteiger charge is 2.34. The van der Waals surface area contributed by atoms with Crippen molar-refractivity contribution in [3.8, 4) is 5.69 Å². The van der Waals surface area contributed by atoms with Crippen molar-refractivity contribution in [3.05, 3.63) is 74.0 Å². The van der Waals surface area contributed by atoms with E-state index in [1.165, 1.54) is 4.68 Å². The fraction of sp³-hybridized carbons (Fsp3) is 0.360. The Kier molecular flexibility index (Phi) is 4.94. The zero-order valence-electron chi connectivity index (χ0n) is 18.4. The molecule has 0 spiro atoms. The lowest BCUT2D eigenvalue weighted by Gasteiger charge is -2.31. The number of nitrogens with one attached hydrogen (secondary N) is 1. The van der Waals surface area contributed by atoms with Crippen molar-refractivity contribution >= 4 is 17.9 Å². The van der Waals surface area contributed by atoms with Crippen LogP contribution >= 0.6 is 0 Å². The quantitative estimate of drug-likeness (QED) is 0.809. The third kappa shape index (κ3) is 3.84. The summed E-state index contributed by atoms with van der Waals surface area (Å²) in [5.41, 5.74) is 3.20. The van der Waals surface area contributed by atoms with Crippen LogP contribution in [0.15, 0.2) is 52.4 Å². The average Bonchev–Trinajstić information content (AvgIpc) is 2.88. The van der Waals surface area contributed by atoms with Crippen molar-refractivity contribution in [2.24, 2.45) is 10.8 Å². The van der Waals surface area contributed by atoms with E-state index in [1.54, 1.807) is 0 Å². The van der Waals surface area contributed by atoms with Gasteiger partial charge in [-0.2, -0.15) is 0 Å². The molecule has 1 aromatic heterocycles. The number of H-pyrrole nitrogens is 1. The third-order valence-corrected chi connectivity index (χ3v) is 5.25. The molecule has 0 fully saturated rings. The largest absolute Gasteiger partial charge is 0.291 e. The standard InChI is InChI=1S/C25H30N2O2/c1-15-9-11-18(12-10-15)27-23(29)21(16(2)26-27)17-13-19(24(3,4)5)22(28)20(14-17)25(6,7)8/h9-14,26H,2H2,1,3-8H3. The van der Waals surface area contributed by atoms with Gasteiger partial charge in [0.05, 0.1) is 16.3 Å². The Balaban J connectivity index is 2.37. The number of aromatic nitrogens is 2. The van der Waals surface area contributed by atoms with E-state index in [1.807, 2.05) is 84.9 Å². The molecule has 4 heteroatoms. The lowest BCUT2D eigenvalue weighted by atomic mass is 9.72. The highest BCUT2D eigenvalue weighted by molar-refractivity contribution is 6.14. The second kappa shape index (κ2) is 6.87. The number of allylic oxidation sites excluding steroid dienone is 4. The number of hydrogen-bond donors (Lipinski definition) is 1. The molecule has 152 valence electrons. The number of benzene rings is 1. The molecule has 1 N–H and O–H groups in total. The number of hydrogen-bond acceptors (Lipinski definition) is 2. The lowest BCUT2D eigenvalue weighted by Crippen LogP contribution is -2.37. The molecule has 1 heterocycles. The molecule has 0 aliphatic heterocycles. The van der Waals surface area contributed by atoms with E-state index in [0.29, 0.717) is 21.7 Å². The van der Waals surface area contributed by atoms with Crippen LogP contribution in [0.5, 0.6) is 0 Å². The van der Waals surface area contributed by atoms with Crippen molar-refractivity contribution in [2.45, 2.75) is 48.5 Å². The fourth-order valence-electron chi connectivity index (χ4n) is 3.54. The second-order valence-electron chi connectivity index (χ2n) is 9.84. The summed E-state index contributed by atoms with van der Waals surface area (Å²) in [5.74, 6) is 0.0498. The van der Waals surface area contributed by atoms with Gasteiger partial charge in [-0.1, -0.05) is 65.8 Å². The van der Waals surface area contributed by atoms with Crippen LogP contribution in [0, 0.1) is 17.8 Å². The highest BCUT2D eigenvalue weighted by atomic mass is 16.1. The fourth-order valence-corrected chi connectivity index (χ4v) is 3.54. The Morgan fingerprint density at radius 1 is 0.862 bits per heavy atom. The molecule has 0 saturated carbocycles. The zero-order chi connectivity index (χ0) is 21.7. The summed E-state index contributed by atoms with van der Waals surface area (Å²) in [6, 6.07) is 7.73. The lowest BCUT2D eigenvalue weighted by molar-refractivity contribution is -0.114. The first kappa shape index (κ1) is 20.8. The summed E-state index contributed by atoms with van der Waals surface area (Å²) in [6.45, 7) is 18.2. The van der Waals surface area contributed by atoms with E-state index in [-0.39, 0.29) is 22.2 Å². The molecule has 0 atom stereocenters. The van der Waals surface area contributed by atoms with Crippen molar-refractivity contribution < 1.29 is 4.79 Å². The number of Topliss-reactive ketones (excluding diaryl/α,β-unsaturated/α-hetero) is 1. The summed E-state index contributed by atoms with van der Waals surface area (Å²) in [5, 5.41) is 4.13. The molecule has 1 aromatic carbocycles. The molecule has 0 amide bonds. The van der Waals surface area contributed by atoms with Crippen LogP contribution in [0.1, 0.15) is 47.1 Å². The summed E-state index contributed by atoms with van der Waals surface area (Å²) in [6.07, 6.45) is 3.71. The van der Waals surface area contributed by atoms with Crippen molar-refractivity contribution in [3.63, 3.8) is 0 Å². The predicted octanol–water partition coefficient (Wildman–Crippen LogP) is 3.56. The molecule has 1 aliphatic carbocycles. The van der Waals surface area contributed by atoms with Crippen LogP contribution in [-0.2, 0) is 4.79 Å². The van der Waals surface area contributed by atoms with Gasteiger partial charge in [0.1, 0.15) is 0 Å². The van der Waals surface area contributed by atoms with Gasteiger partial charge in [0.15, 0.2) is 5.78 Å². The van der Waals surface area contributed by atoms with Gasteiger partial charge in [0, 0.05) is 11.1 Å². The molecule has 0 bridgehead atoms. The first-order valence-corrected chi connectivity index (χ1v) is 9.91. The van der Waals surface area contributed by atoms with E-state index in [2.05, 4.69) is 11.7 Å². The molecule has 0 unspecified atom stereocenters. The van der Waals surface area contributed by atoms with Gasteiger partial charge in [-0.25, -0.2) is 4.68 Å². The van der Waals surface area contributed by atoms with Gasteiger partial charge in [-0.15, -0.1) is 0 Å². The normalized spacial score (nSPS) is 15.4. The highest BCUT2D eigenvalue weighted by Crippen LogP contribution is 2.38. The van der Waals surface area contributed by atoms with Gasteiger partial charge in [0.2, 0.25) is 0 Å². The molecule has 4 nitrogen and oxygen atoms in total. The van der Waals surface area contributed by atoms with Crippen LogP contribution in [0.4, 0.5) is 0 Å². The number of aryl methyl sites for hydroxylation is 1. The van der Waals surface area contributed by atoms with E-state index in [0.717, 1.165) is 16.8 Å². The topological polar surface area (TPSA) is 54.9 Å². The van der Waals surface area contributed by atoms with Crippen LogP contribution in [0.25, 0.3) is 17.8 Å². The van der Waals surface area contributed by atoms with Gasteiger partial charge < -0.3 is 0 Å². The number of carbonyl (C=O) groups is 1. The average molecular weight is 391 g/mol. The summed E-state index contributed by atoms with van der Waals surface area (Å²) in [4.78, 5) is 26.5. The SMILES string of the molecule is C=c1[nH]n(-c2ccc(C)cc2)c(=O)c1=C1C=C(C(C)(C)C)C(=O)C(C(C)(C)C)=C1. The molecule has 0 saturated heterocycles. The maximum Gasteiger partial charge on any atom is 0.279 e. The van der Waals surface area contributed by atoms with E-state index in [9.17, 15) is 9.59 Å². The number of aromatic amines is 1. The van der Waals surface area contributed by atoms with Crippen LogP contribution in [0.2, 0.25) is 0 Å². The number of rotatable bonds is 1. The minimum Gasteiger partial charge on any atom is -0.291 e. The number of carbonyl (C=O) groups excluding carboxylic acids is 1. The van der Waals surface area contributed by atoms with Crippen LogP contribution in [-0.4, -0.2) is 15.6 Å². The maximum atomic E-state index is 13.3. The van der Waals surface area contributed by atoms with Gasteiger partial charge in [-0.3, -0.25) is 14.7 Å². The minimum atomic E-state index is -0.333. The van der Waals surface area contributed by atoms with E-state index < -0.39 is 0 Å². The molecular weight excluding hydrogens is 360 g/mol. The monoisotopic (exact) mass is 390 g/mol. The summed E-state index contributed by atoms with van der Waals surface area (Å²) < 4.78 is 1.51. The predicted molar refractivity (Wildman–Crippen MR) is 119 cm³/mol. The van der Waals surface area contributed by atoms with Gasteiger partial charge >= 0.3 is 0 Å². The number of nitrogens with zero attached hydrogens (tertiary/aromatic N) is 1. The second-order valence-corrected chi connectivity index (χ2v) is 9.84. The Hall–Kier alpha value is -2.88. The maximum absolute atomic E-state index is 13.3. The van der Waals surface area contributed by atoms with Gasteiger partial charge in [-0.05, 0) is 47.6 Å². The molecule has 29 heavy (non-hydrogen) atoms. The first-order valence-electron chi connectivity index (χ1n) is 9.91. The summed E-state index contributed by atoms with van der Waals surface area (Å²) >= 11 is 0. The zero-order valence-corrected chi connectivity index (χ0v) is 18.4. The van der Waals surface area contributed by atoms with Crippen molar-refractivity contribution in [1.82, 2.24) is 9.78 Å². The van der Waals surface area contributed by atoms with Crippen molar-refractivity contribution in [1.29, 1.82) is 0 Å². The molecule has 3 rings (SSSR count). The third-order valence-electron chi connectivity index (χ3n) is 5.25. The smallest absolute Gasteiger partial charge is 0.279 e. The molecule has 1 aliphatic rings. The molecule has 0 radical (unpaired) electrons. The summed E-state index contributed by atoms with van der Waals surface area (Å²) in [7, 11) is 0. The van der Waals surface area contributed by atoms with Crippen molar-refractivity contribution in [2.75, 3.05) is 0 Å². The molecular formula is C25H30N2O2.